The first-order valence-corrected chi connectivity index (χ1v) is 7.40. The Morgan fingerprint density at radius 2 is 1.85 bits per heavy atom. The molecule has 7 nitrogen and oxygen atoms in total. The third kappa shape index (κ3) is 4.57. The molecule has 2 N–H and O–H groups in total. The van der Waals surface area contributed by atoms with Crippen molar-refractivity contribution in [1.29, 1.82) is 0 Å². The number of hydrogen-bond donors (Lipinski definition) is 3. The summed E-state index contributed by atoms with van der Waals surface area (Å²) in [5, 5.41) is 22.6. The SMILES string of the molecule is O=C(NCc1ccc(C(F)(F)F)cc1)N(S)c1ccc(O)c([N+](=O)[O-])c1. The van der Waals surface area contributed by atoms with E-state index >= 15 is 0 Å². The van der Waals surface area contributed by atoms with Crippen LogP contribution in [0, 0.1) is 10.1 Å². The second-order valence-corrected chi connectivity index (χ2v) is 5.50. The van der Waals surface area contributed by atoms with Crippen LogP contribution >= 0.6 is 12.8 Å². The molecule has 0 saturated carbocycles. The Bertz CT molecular complexity index is 828. The Labute approximate surface area is 150 Å². The summed E-state index contributed by atoms with van der Waals surface area (Å²) in [5.74, 6) is -0.564. The molecule has 138 valence electrons. The van der Waals surface area contributed by atoms with E-state index in [1.54, 1.807) is 0 Å². The van der Waals surface area contributed by atoms with Gasteiger partial charge in [0, 0.05) is 12.6 Å². The number of phenols is 1. The largest absolute Gasteiger partial charge is 0.502 e. The van der Waals surface area contributed by atoms with Gasteiger partial charge in [-0.1, -0.05) is 24.9 Å². The lowest BCUT2D eigenvalue weighted by atomic mass is 10.1. The monoisotopic (exact) mass is 387 g/mol. The summed E-state index contributed by atoms with van der Waals surface area (Å²) in [6, 6.07) is 6.71. The molecule has 26 heavy (non-hydrogen) atoms. The van der Waals surface area contributed by atoms with Crippen LogP contribution in [0.3, 0.4) is 0 Å². The third-order valence-corrected chi connectivity index (χ3v) is 3.73. The zero-order valence-corrected chi connectivity index (χ0v) is 13.8. The number of hydrogen-bond acceptors (Lipinski definition) is 5. The maximum atomic E-state index is 12.5. The fraction of sp³-hybridized carbons (Fsp3) is 0.133. The molecule has 2 aromatic rings. The highest BCUT2D eigenvalue weighted by molar-refractivity contribution is 7.82. The maximum Gasteiger partial charge on any atom is 0.416 e. The second-order valence-electron chi connectivity index (χ2n) is 5.10. The van der Waals surface area contributed by atoms with E-state index in [-0.39, 0.29) is 12.2 Å². The fourth-order valence-electron chi connectivity index (χ4n) is 1.97. The number of thiol groups is 1. The summed E-state index contributed by atoms with van der Waals surface area (Å²) >= 11 is 3.93. The average Bonchev–Trinajstić information content (AvgIpc) is 2.58. The quantitative estimate of drug-likeness (QED) is 0.421. The molecule has 0 heterocycles. The predicted molar refractivity (Wildman–Crippen MR) is 89.9 cm³/mol. The summed E-state index contributed by atoms with van der Waals surface area (Å²) in [5.41, 5.74) is -0.954. The number of anilines is 1. The Morgan fingerprint density at radius 1 is 1.23 bits per heavy atom. The number of phenolic OH excluding ortho intramolecular Hbond substituents is 1. The standard InChI is InChI=1S/C15H12F3N3O4S/c16-15(17,18)10-3-1-9(2-4-10)8-19-14(23)20(26)11-5-6-13(22)12(7-11)21(24)25/h1-7,22,26H,8H2,(H,19,23). The number of carbonyl (C=O) groups is 1. The van der Waals surface area contributed by atoms with Gasteiger partial charge in [-0.15, -0.1) is 0 Å². The van der Waals surface area contributed by atoms with Crippen LogP contribution in [0.4, 0.5) is 29.3 Å². The Morgan fingerprint density at radius 3 is 2.38 bits per heavy atom. The highest BCUT2D eigenvalue weighted by Crippen LogP contribution is 2.31. The van der Waals surface area contributed by atoms with Crippen molar-refractivity contribution in [1.82, 2.24) is 5.32 Å². The van der Waals surface area contributed by atoms with Crippen LogP contribution in [0.1, 0.15) is 11.1 Å². The van der Waals surface area contributed by atoms with Crippen molar-refractivity contribution >= 4 is 30.2 Å². The number of nitro benzene ring substituents is 1. The van der Waals surface area contributed by atoms with Gasteiger partial charge in [-0.3, -0.25) is 10.1 Å². The zero-order chi connectivity index (χ0) is 19.5. The normalized spacial score (nSPS) is 11.1. The first-order chi connectivity index (χ1) is 12.1. The number of urea groups is 1. The first kappa shape index (κ1) is 19.4. The predicted octanol–water partition coefficient (Wildman–Crippen LogP) is 3.88. The molecule has 0 unspecified atom stereocenters. The van der Waals surface area contributed by atoms with Gasteiger partial charge in [-0.2, -0.15) is 13.2 Å². The van der Waals surface area contributed by atoms with Gasteiger partial charge in [0.1, 0.15) is 0 Å². The molecule has 0 atom stereocenters. The van der Waals surface area contributed by atoms with E-state index in [4.69, 9.17) is 0 Å². The van der Waals surface area contributed by atoms with Crippen molar-refractivity contribution < 1.29 is 28.0 Å². The number of alkyl halides is 3. The van der Waals surface area contributed by atoms with Crippen LogP contribution in [0.2, 0.25) is 0 Å². The molecule has 0 bridgehead atoms. The number of nitro groups is 1. The van der Waals surface area contributed by atoms with Gasteiger partial charge < -0.3 is 10.4 Å². The first-order valence-electron chi connectivity index (χ1n) is 7.00. The van der Waals surface area contributed by atoms with Crippen LogP contribution in [-0.2, 0) is 12.7 Å². The van der Waals surface area contributed by atoms with E-state index in [1.807, 2.05) is 0 Å². The highest BCUT2D eigenvalue weighted by Gasteiger charge is 2.29. The lowest BCUT2D eigenvalue weighted by Crippen LogP contribution is -2.33. The van der Waals surface area contributed by atoms with Crippen molar-refractivity contribution in [3.8, 4) is 5.75 Å². The number of rotatable bonds is 4. The Balaban J connectivity index is 2.03. The molecular formula is C15H12F3N3O4S. The van der Waals surface area contributed by atoms with E-state index in [2.05, 4.69) is 18.1 Å². The van der Waals surface area contributed by atoms with Crippen molar-refractivity contribution in [2.24, 2.45) is 0 Å². The van der Waals surface area contributed by atoms with E-state index < -0.39 is 34.1 Å². The number of halogens is 3. The minimum Gasteiger partial charge on any atom is -0.502 e. The van der Waals surface area contributed by atoms with Crippen LogP contribution < -0.4 is 9.62 Å². The summed E-state index contributed by atoms with van der Waals surface area (Å²) in [7, 11) is 0. The van der Waals surface area contributed by atoms with Crippen molar-refractivity contribution in [2.45, 2.75) is 12.7 Å². The van der Waals surface area contributed by atoms with Crippen LogP contribution in [0.5, 0.6) is 5.75 Å². The highest BCUT2D eigenvalue weighted by atomic mass is 32.1. The molecule has 2 amide bonds. The molecule has 11 heteroatoms. The van der Waals surface area contributed by atoms with E-state index in [1.165, 1.54) is 18.2 Å². The van der Waals surface area contributed by atoms with E-state index in [0.717, 1.165) is 28.6 Å². The number of aromatic hydroxyl groups is 1. The summed E-state index contributed by atoms with van der Waals surface area (Å²) in [6.45, 7) is -0.0752. The summed E-state index contributed by atoms with van der Waals surface area (Å²) in [6.07, 6.45) is -4.45. The molecule has 0 aliphatic carbocycles. The molecule has 0 spiro atoms. The Kier molecular flexibility index (Phi) is 5.60. The number of carbonyl (C=O) groups excluding carboxylic acids is 1. The molecule has 2 aromatic carbocycles. The molecular weight excluding hydrogens is 375 g/mol. The van der Waals surface area contributed by atoms with Gasteiger partial charge in [0.25, 0.3) is 0 Å². The van der Waals surface area contributed by atoms with Crippen LogP contribution in [0.15, 0.2) is 42.5 Å². The summed E-state index contributed by atoms with van der Waals surface area (Å²) in [4.78, 5) is 22.0. The lowest BCUT2D eigenvalue weighted by molar-refractivity contribution is -0.385. The van der Waals surface area contributed by atoms with Crippen LogP contribution in [-0.4, -0.2) is 16.1 Å². The fourth-order valence-corrected chi connectivity index (χ4v) is 2.17. The molecule has 0 aliphatic heterocycles. The molecule has 0 fully saturated rings. The second kappa shape index (κ2) is 7.52. The number of benzene rings is 2. The third-order valence-electron chi connectivity index (χ3n) is 3.32. The van der Waals surface area contributed by atoms with Crippen molar-refractivity contribution in [3.63, 3.8) is 0 Å². The summed E-state index contributed by atoms with van der Waals surface area (Å²) < 4.78 is 38.3. The van der Waals surface area contributed by atoms with Gasteiger partial charge in [0.05, 0.1) is 16.2 Å². The van der Waals surface area contributed by atoms with Gasteiger partial charge in [-0.05, 0) is 29.8 Å². The molecule has 0 aliphatic rings. The molecule has 0 saturated heterocycles. The van der Waals surface area contributed by atoms with Crippen LogP contribution in [0.25, 0.3) is 0 Å². The molecule has 0 radical (unpaired) electrons. The van der Waals surface area contributed by atoms with Crippen molar-refractivity contribution in [2.75, 3.05) is 4.31 Å². The maximum absolute atomic E-state index is 12.5. The smallest absolute Gasteiger partial charge is 0.416 e. The number of amides is 2. The minimum absolute atomic E-state index is 0.0303. The van der Waals surface area contributed by atoms with Gasteiger partial charge in [-0.25, -0.2) is 9.10 Å². The van der Waals surface area contributed by atoms with Crippen molar-refractivity contribution in [3.05, 3.63) is 63.7 Å². The number of nitrogens with zero attached hydrogens (tertiary/aromatic N) is 2. The van der Waals surface area contributed by atoms with E-state index in [0.29, 0.717) is 5.56 Å². The van der Waals surface area contributed by atoms with Gasteiger partial charge in [0.15, 0.2) is 5.75 Å². The van der Waals surface area contributed by atoms with E-state index in [9.17, 15) is 33.2 Å². The zero-order valence-electron chi connectivity index (χ0n) is 12.9. The van der Waals surface area contributed by atoms with Gasteiger partial charge in [0.2, 0.25) is 0 Å². The Hall–Kier alpha value is -2.95. The molecule has 2 rings (SSSR count). The number of nitrogens with one attached hydrogen (secondary N) is 1. The topological polar surface area (TPSA) is 95.7 Å². The molecule has 0 aromatic heterocycles. The lowest BCUT2D eigenvalue weighted by Gasteiger charge is -2.17. The van der Waals surface area contributed by atoms with Gasteiger partial charge >= 0.3 is 17.9 Å². The average molecular weight is 387 g/mol. The minimum atomic E-state index is -4.45.